The molecule has 0 saturated heterocycles. The van der Waals surface area contributed by atoms with Gasteiger partial charge in [-0.15, -0.1) is 0 Å². The van der Waals surface area contributed by atoms with Gasteiger partial charge in [0.25, 0.3) is 0 Å². The highest BCUT2D eigenvalue weighted by atomic mass is 16.1. The topological polar surface area (TPSA) is 46.9 Å². The Kier molecular flexibility index (Phi) is 3.35. The maximum absolute atomic E-state index is 12.4. The van der Waals surface area contributed by atoms with Crippen molar-refractivity contribution in [3.05, 3.63) is 17.5 Å². The Hall–Kier alpha value is -1.32. The second-order valence-electron chi connectivity index (χ2n) is 7.26. The summed E-state index contributed by atoms with van der Waals surface area (Å²) in [7, 11) is 2.00. The SMILES string of the molecule is Cn1ncc2c1CC(C)(C)C[C@H]2NC(=O)C1CCCC1. The molecule has 0 unspecified atom stereocenters. The lowest BCUT2D eigenvalue weighted by atomic mass is 9.74. The molecule has 1 amide bonds. The summed E-state index contributed by atoms with van der Waals surface area (Å²) in [4.78, 5) is 12.4. The third-order valence-electron chi connectivity index (χ3n) is 4.91. The minimum absolute atomic E-state index is 0.135. The first-order valence-corrected chi connectivity index (χ1v) is 7.77. The summed E-state index contributed by atoms with van der Waals surface area (Å²) in [5.74, 6) is 0.486. The number of rotatable bonds is 2. The van der Waals surface area contributed by atoms with Crippen molar-refractivity contribution < 1.29 is 4.79 Å². The fourth-order valence-electron chi connectivity index (χ4n) is 3.78. The molecule has 2 aliphatic rings. The van der Waals surface area contributed by atoms with E-state index >= 15 is 0 Å². The van der Waals surface area contributed by atoms with Crippen LogP contribution in [0.5, 0.6) is 0 Å². The summed E-state index contributed by atoms with van der Waals surface area (Å²) in [5, 5.41) is 7.68. The van der Waals surface area contributed by atoms with Crippen LogP contribution in [0.2, 0.25) is 0 Å². The molecular formula is C16H25N3O. The lowest BCUT2D eigenvalue weighted by molar-refractivity contribution is -0.125. The first-order valence-electron chi connectivity index (χ1n) is 7.77. The quantitative estimate of drug-likeness (QED) is 0.902. The van der Waals surface area contributed by atoms with E-state index in [1.807, 2.05) is 17.9 Å². The van der Waals surface area contributed by atoms with Crippen LogP contribution in [0.1, 0.15) is 63.3 Å². The Morgan fingerprint density at radius 2 is 2.10 bits per heavy atom. The van der Waals surface area contributed by atoms with Crippen LogP contribution in [-0.2, 0) is 18.3 Å². The summed E-state index contributed by atoms with van der Waals surface area (Å²) in [6.07, 6.45) is 8.49. The Morgan fingerprint density at radius 1 is 1.40 bits per heavy atom. The van der Waals surface area contributed by atoms with Crippen molar-refractivity contribution >= 4 is 5.91 Å². The molecule has 0 radical (unpaired) electrons. The van der Waals surface area contributed by atoms with E-state index in [9.17, 15) is 4.79 Å². The molecule has 2 aliphatic carbocycles. The Balaban J connectivity index is 1.80. The number of amides is 1. The second kappa shape index (κ2) is 4.90. The van der Waals surface area contributed by atoms with E-state index in [1.54, 1.807) is 0 Å². The number of hydrogen-bond donors (Lipinski definition) is 1. The molecule has 4 heteroatoms. The zero-order chi connectivity index (χ0) is 14.3. The Bertz CT molecular complexity index is 512. The molecule has 3 rings (SSSR count). The van der Waals surface area contributed by atoms with Crippen LogP contribution in [0, 0.1) is 11.3 Å². The maximum atomic E-state index is 12.4. The van der Waals surface area contributed by atoms with Crippen molar-refractivity contribution in [3.8, 4) is 0 Å². The summed E-state index contributed by atoms with van der Waals surface area (Å²) >= 11 is 0. The minimum Gasteiger partial charge on any atom is -0.349 e. The average Bonchev–Trinajstić information content (AvgIpc) is 2.99. The number of carbonyl (C=O) groups is 1. The van der Waals surface area contributed by atoms with Crippen LogP contribution < -0.4 is 5.32 Å². The molecule has 1 aromatic heterocycles. The number of nitrogens with one attached hydrogen (secondary N) is 1. The summed E-state index contributed by atoms with van der Waals surface area (Å²) in [6, 6.07) is 0.135. The normalized spacial score (nSPS) is 25.4. The zero-order valence-electron chi connectivity index (χ0n) is 12.8. The predicted molar refractivity (Wildman–Crippen MR) is 78.2 cm³/mol. The number of aromatic nitrogens is 2. The fraction of sp³-hybridized carbons (Fsp3) is 0.750. The summed E-state index contributed by atoms with van der Waals surface area (Å²) in [5.41, 5.74) is 2.71. The van der Waals surface area contributed by atoms with Crippen LogP contribution in [-0.4, -0.2) is 15.7 Å². The molecule has 1 saturated carbocycles. The fourth-order valence-corrected chi connectivity index (χ4v) is 3.78. The van der Waals surface area contributed by atoms with Crippen molar-refractivity contribution in [1.29, 1.82) is 0 Å². The Labute approximate surface area is 120 Å². The molecule has 1 atom stereocenters. The highest BCUT2D eigenvalue weighted by molar-refractivity contribution is 5.79. The molecule has 1 N–H and O–H groups in total. The number of nitrogens with zero attached hydrogens (tertiary/aromatic N) is 2. The van der Waals surface area contributed by atoms with Crippen LogP contribution in [0.4, 0.5) is 0 Å². The molecule has 1 aromatic rings. The molecule has 4 nitrogen and oxygen atoms in total. The van der Waals surface area contributed by atoms with E-state index in [1.165, 1.54) is 24.1 Å². The van der Waals surface area contributed by atoms with Crippen LogP contribution in [0.3, 0.4) is 0 Å². The zero-order valence-corrected chi connectivity index (χ0v) is 12.8. The minimum atomic E-state index is 0.135. The van der Waals surface area contributed by atoms with Crippen molar-refractivity contribution in [2.24, 2.45) is 18.4 Å². The largest absolute Gasteiger partial charge is 0.349 e. The van der Waals surface area contributed by atoms with Gasteiger partial charge in [-0.25, -0.2) is 0 Å². The van der Waals surface area contributed by atoms with Gasteiger partial charge in [0.1, 0.15) is 0 Å². The van der Waals surface area contributed by atoms with Gasteiger partial charge in [-0.3, -0.25) is 9.48 Å². The molecule has 0 aromatic carbocycles. The van der Waals surface area contributed by atoms with Gasteiger partial charge in [-0.2, -0.15) is 5.10 Å². The number of hydrogen-bond acceptors (Lipinski definition) is 2. The van der Waals surface area contributed by atoms with E-state index in [-0.39, 0.29) is 23.3 Å². The smallest absolute Gasteiger partial charge is 0.223 e. The van der Waals surface area contributed by atoms with Crippen LogP contribution in [0.25, 0.3) is 0 Å². The predicted octanol–water partition coefficient (Wildman–Crippen LogP) is 2.74. The van der Waals surface area contributed by atoms with Crippen LogP contribution in [0.15, 0.2) is 6.20 Å². The third-order valence-corrected chi connectivity index (χ3v) is 4.91. The highest BCUT2D eigenvalue weighted by Crippen LogP contribution is 2.40. The molecule has 0 aliphatic heterocycles. The van der Waals surface area contributed by atoms with Gasteiger partial charge in [0.05, 0.1) is 12.2 Å². The number of fused-ring (bicyclic) bond motifs is 1. The lowest BCUT2D eigenvalue weighted by Crippen LogP contribution is -2.38. The second-order valence-corrected chi connectivity index (χ2v) is 7.26. The van der Waals surface area contributed by atoms with E-state index < -0.39 is 0 Å². The molecular weight excluding hydrogens is 250 g/mol. The molecule has 20 heavy (non-hydrogen) atoms. The van der Waals surface area contributed by atoms with Crippen molar-refractivity contribution in [3.63, 3.8) is 0 Å². The average molecular weight is 275 g/mol. The van der Waals surface area contributed by atoms with E-state index in [0.717, 1.165) is 25.7 Å². The van der Waals surface area contributed by atoms with E-state index in [2.05, 4.69) is 24.3 Å². The van der Waals surface area contributed by atoms with Gasteiger partial charge in [0, 0.05) is 24.2 Å². The molecule has 1 fully saturated rings. The van der Waals surface area contributed by atoms with Gasteiger partial charge < -0.3 is 5.32 Å². The van der Waals surface area contributed by atoms with E-state index in [4.69, 9.17) is 0 Å². The van der Waals surface area contributed by atoms with E-state index in [0.29, 0.717) is 0 Å². The van der Waals surface area contributed by atoms with Crippen molar-refractivity contribution in [2.45, 2.75) is 58.4 Å². The standard InChI is InChI=1S/C16H25N3O/c1-16(2)8-13(12-10-17-19(3)14(12)9-16)18-15(20)11-6-4-5-7-11/h10-11,13H,4-9H2,1-3H3,(H,18,20)/t13-/m1/s1. The summed E-state index contributed by atoms with van der Waals surface area (Å²) < 4.78 is 1.96. The first-order chi connectivity index (χ1) is 9.46. The molecule has 0 bridgehead atoms. The molecule has 0 spiro atoms. The van der Waals surface area contributed by atoms with Gasteiger partial charge >= 0.3 is 0 Å². The first kappa shape index (κ1) is 13.7. The Morgan fingerprint density at radius 3 is 2.80 bits per heavy atom. The number of carbonyl (C=O) groups excluding carboxylic acids is 1. The monoisotopic (exact) mass is 275 g/mol. The molecule has 1 heterocycles. The third kappa shape index (κ3) is 2.48. The highest BCUT2D eigenvalue weighted by Gasteiger charge is 2.36. The number of aryl methyl sites for hydroxylation is 1. The van der Waals surface area contributed by atoms with Crippen molar-refractivity contribution in [1.82, 2.24) is 15.1 Å². The van der Waals surface area contributed by atoms with Gasteiger partial charge in [-0.1, -0.05) is 26.7 Å². The summed E-state index contributed by atoms with van der Waals surface area (Å²) in [6.45, 7) is 4.55. The van der Waals surface area contributed by atoms with Crippen molar-refractivity contribution in [2.75, 3.05) is 0 Å². The molecule has 110 valence electrons. The lowest BCUT2D eigenvalue weighted by Gasteiger charge is -2.36. The van der Waals surface area contributed by atoms with Gasteiger partial charge in [0.2, 0.25) is 5.91 Å². The van der Waals surface area contributed by atoms with Crippen LogP contribution >= 0.6 is 0 Å². The van der Waals surface area contributed by atoms with Gasteiger partial charge in [-0.05, 0) is 31.1 Å². The van der Waals surface area contributed by atoms with Gasteiger partial charge in [0.15, 0.2) is 0 Å². The maximum Gasteiger partial charge on any atom is 0.223 e.